The van der Waals surface area contributed by atoms with Crippen molar-refractivity contribution in [1.82, 2.24) is 9.97 Å². The van der Waals surface area contributed by atoms with Gasteiger partial charge in [-0.1, -0.05) is 0 Å². The van der Waals surface area contributed by atoms with Gasteiger partial charge in [-0.05, 0) is 6.92 Å². The summed E-state index contributed by atoms with van der Waals surface area (Å²) in [4.78, 5) is 7.49. The van der Waals surface area contributed by atoms with Crippen molar-refractivity contribution in [3.8, 4) is 0 Å². The summed E-state index contributed by atoms with van der Waals surface area (Å²) in [5.74, 6) is 0. The van der Waals surface area contributed by atoms with Gasteiger partial charge in [0.15, 0.2) is 0 Å². The molecule has 0 saturated carbocycles. The Kier molecular flexibility index (Phi) is 2.48. The summed E-state index contributed by atoms with van der Waals surface area (Å²) in [7, 11) is 0. The van der Waals surface area contributed by atoms with Crippen LogP contribution < -0.4 is 0 Å². The molecule has 0 aliphatic heterocycles. The summed E-state index contributed by atoms with van der Waals surface area (Å²) in [6.45, 7) is 0.907. The average Bonchev–Trinajstić information content (AvgIpc) is 2.04. The van der Waals surface area contributed by atoms with Crippen LogP contribution in [0.4, 0.5) is 4.39 Å². The van der Waals surface area contributed by atoms with Crippen LogP contribution in [0, 0.1) is 6.92 Å². The van der Waals surface area contributed by atoms with Gasteiger partial charge in [0.05, 0.1) is 0 Å². The third-order valence-electron chi connectivity index (χ3n) is 1.45. The SMILES string of the molecule is Cc1ncncc1C(O)CF. The van der Waals surface area contributed by atoms with E-state index in [1.807, 2.05) is 0 Å². The van der Waals surface area contributed by atoms with E-state index < -0.39 is 12.8 Å². The second-order valence-corrected chi connectivity index (χ2v) is 2.23. The second kappa shape index (κ2) is 3.39. The van der Waals surface area contributed by atoms with Gasteiger partial charge in [0, 0.05) is 17.5 Å². The van der Waals surface area contributed by atoms with Crippen LogP contribution in [0.2, 0.25) is 0 Å². The molecular weight excluding hydrogens is 147 g/mol. The van der Waals surface area contributed by atoms with Crippen LogP contribution in [-0.4, -0.2) is 21.7 Å². The molecule has 0 aliphatic carbocycles. The Bertz CT molecular complexity index is 242. The van der Waals surface area contributed by atoms with E-state index in [-0.39, 0.29) is 0 Å². The van der Waals surface area contributed by atoms with Crippen molar-refractivity contribution in [2.45, 2.75) is 13.0 Å². The van der Waals surface area contributed by atoms with E-state index in [1.165, 1.54) is 12.5 Å². The van der Waals surface area contributed by atoms with Crippen LogP contribution in [0.15, 0.2) is 12.5 Å². The minimum Gasteiger partial charge on any atom is -0.386 e. The maximum Gasteiger partial charge on any atom is 0.120 e. The molecule has 1 rings (SSSR count). The number of rotatable bonds is 2. The number of nitrogens with zero attached hydrogens (tertiary/aromatic N) is 2. The Hall–Kier alpha value is -1.03. The van der Waals surface area contributed by atoms with Crippen molar-refractivity contribution in [2.75, 3.05) is 6.67 Å². The summed E-state index contributed by atoms with van der Waals surface area (Å²) in [6.07, 6.45) is 1.70. The molecule has 1 aromatic rings. The van der Waals surface area contributed by atoms with Crippen molar-refractivity contribution in [2.24, 2.45) is 0 Å². The van der Waals surface area contributed by atoms with Crippen LogP contribution in [0.25, 0.3) is 0 Å². The molecule has 11 heavy (non-hydrogen) atoms. The highest BCUT2D eigenvalue weighted by Gasteiger charge is 2.09. The summed E-state index contributed by atoms with van der Waals surface area (Å²) < 4.78 is 11.9. The minimum atomic E-state index is -1.09. The lowest BCUT2D eigenvalue weighted by Gasteiger charge is -2.06. The van der Waals surface area contributed by atoms with Crippen molar-refractivity contribution < 1.29 is 9.50 Å². The van der Waals surface area contributed by atoms with Gasteiger partial charge < -0.3 is 5.11 Å². The zero-order chi connectivity index (χ0) is 8.27. The van der Waals surface area contributed by atoms with E-state index in [0.29, 0.717) is 11.3 Å². The summed E-state index contributed by atoms with van der Waals surface area (Å²) in [6, 6.07) is 0. The molecule has 60 valence electrons. The first-order chi connectivity index (χ1) is 5.25. The van der Waals surface area contributed by atoms with Gasteiger partial charge in [-0.2, -0.15) is 0 Å². The zero-order valence-corrected chi connectivity index (χ0v) is 6.16. The molecule has 1 aromatic heterocycles. The monoisotopic (exact) mass is 156 g/mol. The molecule has 0 spiro atoms. The number of aryl methyl sites for hydroxylation is 1. The van der Waals surface area contributed by atoms with E-state index in [0.717, 1.165) is 0 Å². The molecule has 0 bridgehead atoms. The van der Waals surface area contributed by atoms with E-state index in [1.54, 1.807) is 6.92 Å². The Balaban J connectivity index is 2.93. The number of alkyl halides is 1. The fraction of sp³-hybridized carbons (Fsp3) is 0.429. The van der Waals surface area contributed by atoms with Crippen LogP contribution in [0.1, 0.15) is 17.4 Å². The van der Waals surface area contributed by atoms with Gasteiger partial charge in [0.1, 0.15) is 19.1 Å². The lowest BCUT2D eigenvalue weighted by atomic mass is 10.1. The van der Waals surface area contributed by atoms with Crippen molar-refractivity contribution in [3.05, 3.63) is 23.8 Å². The number of halogens is 1. The molecule has 0 radical (unpaired) electrons. The Labute approximate surface area is 63.9 Å². The predicted octanol–water partition coefficient (Wildman–Crippen LogP) is 0.788. The fourth-order valence-electron chi connectivity index (χ4n) is 0.812. The van der Waals surface area contributed by atoms with E-state index in [2.05, 4.69) is 9.97 Å². The normalized spacial score (nSPS) is 13.0. The van der Waals surface area contributed by atoms with Gasteiger partial charge in [-0.15, -0.1) is 0 Å². The van der Waals surface area contributed by atoms with Crippen LogP contribution >= 0.6 is 0 Å². The highest BCUT2D eigenvalue weighted by Crippen LogP contribution is 2.13. The van der Waals surface area contributed by atoms with Crippen LogP contribution in [0.5, 0.6) is 0 Å². The zero-order valence-electron chi connectivity index (χ0n) is 6.16. The summed E-state index contributed by atoms with van der Waals surface area (Å²) >= 11 is 0. The molecule has 4 heteroatoms. The Morgan fingerprint density at radius 3 is 3.00 bits per heavy atom. The molecule has 1 atom stereocenters. The molecule has 0 saturated heterocycles. The van der Waals surface area contributed by atoms with Crippen molar-refractivity contribution in [1.29, 1.82) is 0 Å². The topological polar surface area (TPSA) is 46.0 Å². The molecule has 3 nitrogen and oxygen atoms in total. The highest BCUT2D eigenvalue weighted by atomic mass is 19.1. The standard InChI is InChI=1S/C7H9FN2O/c1-5-6(7(11)2-8)3-9-4-10-5/h3-4,7,11H,2H2,1H3. The number of hydrogen-bond acceptors (Lipinski definition) is 3. The van der Waals surface area contributed by atoms with E-state index in [9.17, 15) is 4.39 Å². The minimum absolute atomic E-state index is 0.454. The molecule has 0 fully saturated rings. The van der Waals surface area contributed by atoms with Gasteiger partial charge in [-0.3, -0.25) is 0 Å². The first kappa shape index (κ1) is 8.07. The van der Waals surface area contributed by atoms with Crippen molar-refractivity contribution >= 4 is 0 Å². The number of aliphatic hydroxyl groups excluding tert-OH is 1. The third kappa shape index (κ3) is 1.71. The van der Waals surface area contributed by atoms with E-state index >= 15 is 0 Å². The molecule has 1 N–H and O–H groups in total. The fourth-order valence-corrected chi connectivity index (χ4v) is 0.812. The summed E-state index contributed by atoms with van der Waals surface area (Å²) in [5, 5.41) is 9.06. The third-order valence-corrected chi connectivity index (χ3v) is 1.45. The molecular formula is C7H9FN2O. The first-order valence-corrected chi connectivity index (χ1v) is 3.26. The Morgan fingerprint density at radius 2 is 2.45 bits per heavy atom. The first-order valence-electron chi connectivity index (χ1n) is 3.26. The smallest absolute Gasteiger partial charge is 0.120 e. The Morgan fingerprint density at radius 1 is 1.73 bits per heavy atom. The van der Waals surface area contributed by atoms with E-state index in [4.69, 9.17) is 5.11 Å². The molecule has 0 aromatic carbocycles. The largest absolute Gasteiger partial charge is 0.386 e. The van der Waals surface area contributed by atoms with Gasteiger partial charge in [-0.25, -0.2) is 14.4 Å². The average molecular weight is 156 g/mol. The number of aliphatic hydroxyl groups is 1. The summed E-state index contributed by atoms with van der Waals surface area (Å²) in [5.41, 5.74) is 1.07. The second-order valence-electron chi connectivity index (χ2n) is 2.23. The lowest BCUT2D eigenvalue weighted by Crippen LogP contribution is -2.03. The van der Waals surface area contributed by atoms with Gasteiger partial charge >= 0.3 is 0 Å². The maximum atomic E-state index is 11.9. The van der Waals surface area contributed by atoms with Crippen LogP contribution in [-0.2, 0) is 0 Å². The maximum absolute atomic E-state index is 11.9. The van der Waals surface area contributed by atoms with Gasteiger partial charge in [0.25, 0.3) is 0 Å². The number of aromatic nitrogens is 2. The lowest BCUT2D eigenvalue weighted by molar-refractivity contribution is 0.140. The number of hydrogen-bond donors (Lipinski definition) is 1. The quantitative estimate of drug-likeness (QED) is 0.688. The molecule has 1 heterocycles. The van der Waals surface area contributed by atoms with Gasteiger partial charge in [0.2, 0.25) is 0 Å². The molecule has 0 amide bonds. The van der Waals surface area contributed by atoms with Crippen molar-refractivity contribution in [3.63, 3.8) is 0 Å². The molecule has 0 aliphatic rings. The predicted molar refractivity (Wildman–Crippen MR) is 37.7 cm³/mol. The van der Waals surface area contributed by atoms with Crippen LogP contribution in [0.3, 0.4) is 0 Å². The molecule has 1 unspecified atom stereocenters. The highest BCUT2D eigenvalue weighted by molar-refractivity contribution is 5.16.